The van der Waals surface area contributed by atoms with Gasteiger partial charge in [-0.05, 0) is 24.0 Å². The predicted molar refractivity (Wildman–Crippen MR) is 137 cm³/mol. The molecule has 1 aromatic carbocycles. The molecule has 182 valence electrons. The second-order valence-corrected chi connectivity index (χ2v) is 9.05. The molecule has 8 heteroatoms. The van der Waals surface area contributed by atoms with Crippen LogP contribution in [0.2, 0.25) is 0 Å². The number of ether oxygens (including phenoxy) is 2. The van der Waals surface area contributed by atoms with E-state index in [1.54, 1.807) is 17.1 Å². The molecule has 1 aliphatic heterocycles. The Hall–Kier alpha value is -3.67. The molecule has 0 saturated carbocycles. The number of amides is 2. The average molecular weight is 492 g/mol. The van der Waals surface area contributed by atoms with Gasteiger partial charge in [-0.3, -0.25) is 4.79 Å². The monoisotopic (exact) mass is 491 g/mol. The van der Waals surface area contributed by atoms with E-state index in [9.17, 15) is 14.9 Å². The zero-order valence-corrected chi connectivity index (χ0v) is 20.4. The van der Waals surface area contributed by atoms with Crippen molar-refractivity contribution in [1.82, 2.24) is 4.90 Å². The number of nitrogens with one attached hydrogen (secondary N) is 1. The van der Waals surface area contributed by atoms with Crippen LogP contribution in [0.15, 0.2) is 67.3 Å². The quantitative estimate of drug-likeness (QED) is 0.338. The van der Waals surface area contributed by atoms with E-state index in [-0.39, 0.29) is 18.9 Å². The van der Waals surface area contributed by atoms with Gasteiger partial charge in [-0.1, -0.05) is 67.3 Å². The first-order chi connectivity index (χ1) is 17.0. The van der Waals surface area contributed by atoms with Crippen molar-refractivity contribution in [3.8, 4) is 6.07 Å². The number of hydrogen-bond donors (Lipinski definition) is 1. The third-order valence-electron chi connectivity index (χ3n) is 5.39. The van der Waals surface area contributed by atoms with Gasteiger partial charge in [0.1, 0.15) is 17.7 Å². The van der Waals surface area contributed by atoms with Crippen LogP contribution in [0.4, 0.5) is 9.80 Å². The molecule has 1 N–H and O–H groups in total. The van der Waals surface area contributed by atoms with Crippen molar-refractivity contribution >= 4 is 28.3 Å². The molecule has 2 aromatic rings. The fourth-order valence-corrected chi connectivity index (χ4v) is 4.79. The topological polar surface area (TPSA) is 91.7 Å². The van der Waals surface area contributed by atoms with Gasteiger partial charge < -0.3 is 19.7 Å². The van der Waals surface area contributed by atoms with Gasteiger partial charge in [0.05, 0.1) is 25.3 Å². The molecule has 7 nitrogen and oxygen atoms in total. The molecule has 2 amide bonds. The summed E-state index contributed by atoms with van der Waals surface area (Å²) in [6, 6.07) is 12.0. The number of fused-ring (bicyclic) bond motifs is 1. The fraction of sp³-hybridized carbons (Fsp3) is 0.296. The van der Waals surface area contributed by atoms with Crippen molar-refractivity contribution in [3.63, 3.8) is 0 Å². The number of thiophene rings is 1. The first kappa shape index (κ1) is 25.9. The lowest BCUT2D eigenvalue weighted by Crippen LogP contribution is -2.36. The van der Waals surface area contributed by atoms with Crippen LogP contribution in [0.5, 0.6) is 0 Å². The van der Waals surface area contributed by atoms with E-state index >= 15 is 0 Å². The summed E-state index contributed by atoms with van der Waals surface area (Å²) >= 11 is 1.34. The molecule has 3 rings (SSSR count). The fourth-order valence-electron chi connectivity index (χ4n) is 3.56. The Morgan fingerprint density at radius 1 is 1.23 bits per heavy atom. The summed E-state index contributed by atoms with van der Waals surface area (Å²) in [7, 11) is 0. The lowest BCUT2D eigenvalue weighted by Gasteiger charge is -2.26. The van der Waals surface area contributed by atoms with E-state index in [1.807, 2.05) is 36.4 Å². The molecular weight excluding hydrogens is 462 g/mol. The van der Waals surface area contributed by atoms with E-state index in [2.05, 4.69) is 24.5 Å². The van der Waals surface area contributed by atoms with Crippen LogP contribution in [0.25, 0.3) is 0 Å². The van der Waals surface area contributed by atoms with Gasteiger partial charge in [0.15, 0.2) is 0 Å². The minimum atomic E-state index is -0.414. The molecule has 0 saturated heterocycles. The molecule has 0 radical (unpaired) electrons. The van der Waals surface area contributed by atoms with Crippen molar-refractivity contribution < 1.29 is 19.1 Å². The third kappa shape index (κ3) is 7.67. The lowest BCUT2D eigenvalue weighted by molar-refractivity contribution is -0.116. The zero-order chi connectivity index (χ0) is 25.0. The van der Waals surface area contributed by atoms with Gasteiger partial charge >= 0.3 is 6.09 Å². The van der Waals surface area contributed by atoms with Gasteiger partial charge in [-0.25, -0.2) is 4.79 Å². The van der Waals surface area contributed by atoms with Gasteiger partial charge in [0.25, 0.3) is 0 Å². The smallest absolute Gasteiger partial charge is 0.410 e. The van der Waals surface area contributed by atoms with Crippen LogP contribution in [-0.2, 0) is 33.8 Å². The number of nitrogens with zero attached hydrogens (tertiary/aromatic N) is 2. The minimum absolute atomic E-state index is 0.164. The Balaban J connectivity index is 1.48. The lowest BCUT2D eigenvalue weighted by atomic mass is 10.0. The number of anilines is 1. The standard InChI is InChI=1S/C27H29N3O4S/c1-3-4-8-20(2)11-12-25(31)29-26-23(17-28)22-13-14-30(18-24(22)35-26)27(32)34-16-15-33-19-21-9-6-5-7-10-21/h3-10H,1-2,11-16,18-19H2,(H,29,31)/b8-4-. The highest BCUT2D eigenvalue weighted by Gasteiger charge is 2.28. The first-order valence-electron chi connectivity index (χ1n) is 11.4. The van der Waals surface area contributed by atoms with Gasteiger partial charge in [0, 0.05) is 17.8 Å². The highest BCUT2D eigenvalue weighted by atomic mass is 32.1. The van der Waals surface area contributed by atoms with E-state index in [4.69, 9.17) is 9.47 Å². The summed E-state index contributed by atoms with van der Waals surface area (Å²) in [6.45, 7) is 9.25. The first-order valence-corrected chi connectivity index (χ1v) is 12.2. The van der Waals surface area contributed by atoms with Crippen molar-refractivity contribution in [2.45, 2.75) is 32.4 Å². The van der Waals surface area contributed by atoms with Crippen LogP contribution < -0.4 is 5.32 Å². The maximum absolute atomic E-state index is 12.5. The number of hydrogen-bond acceptors (Lipinski definition) is 6. The summed E-state index contributed by atoms with van der Waals surface area (Å²) in [5, 5.41) is 13.1. The maximum atomic E-state index is 12.5. The zero-order valence-electron chi connectivity index (χ0n) is 19.6. The molecular formula is C27H29N3O4S. The summed E-state index contributed by atoms with van der Waals surface area (Å²) in [5.74, 6) is -0.181. The van der Waals surface area contributed by atoms with Gasteiger partial charge in [-0.15, -0.1) is 11.3 Å². The SMILES string of the molecule is C=C/C=C\C(=C)CCC(=O)Nc1sc2c(c1C#N)CCN(C(=O)OCCOCc1ccccc1)C2. The molecule has 0 fully saturated rings. The normalized spacial score (nSPS) is 12.6. The molecule has 0 bridgehead atoms. The van der Waals surface area contributed by atoms with Crippen LogP contribution >= 0.6 is 11.3 Å². The Labute approximate surface area is 210 Å². The summed E-state index contributed by atoms with van der Waals surface area (Å²) in [5.41, 5.74) is 3.25. The van der Waals surface area contributed by atoms with Crippen LogP contribution in [0.1, 0.15) is 34.4 Å². The van der Waals surface area contributed by atoms with E-state index in [0.717, 1.165) is 21.6 Å². The second-order valence-electron chi connectivity index (χ2n) is 7.95. The molecule has 2 heterocycles. The largest absolute Gasteiger partial charge is 0.447 e. The van der Waals surface area contributed by atoms with E-state index in [1.165, 1.54) is 11.3 Å². The molecule has 0 unspecified atom stereocenters. The summed E-state index contributed by atoms with van der Waals surface area (Å²) in [4.78, 5) is 27.4. The second kappa shape index (κ2) is 13.3. The molecule has 35 heavy (non-hydrogen) atoms. The highest BCUT2D eigenvalue weighted by molar-refractivity contribution is 7.16. The maximum Gasteiger partial charge on any atom is 0.410 e. The summed E-state index contributed by atoms with van der Waals surface area (Å²) in [6.07, 6.45) is 6.13. The number of benzene rings is 1. The van der Waals surface area contributed by atoms with Crippen LogP contribution in [0.3, 0.4) is 0 Å². The number of allylic oxidation sites excluding steroid dienone is 4. The number of nitriles is 1. The molecule has 0 spiro atoms. The molecule has 0 aliphatic carbocycles. The number of rotatable bonds is 11. The molecule has 0 atom stereocenters. The van der Waals surface area contributed by atoms with E-state index in [0.29, 0.717) is 49.7 Å². The van der Waals surface area contributed by atoms with Crippen LogP contribution in [-0.4, -0.2) is 36.7 Å². The van der Waals surface area contributed by atoms with Crippen molar-refractivity contribution in [1.29, 1.82) is 5.26 Å². The van der Waals surface area contributed by atoms with Gasteiger partial charge in [-0.2, -0.15) is 5.26 Å². The van der Waals surface area contributed by atoms with Crippen molar-refractivity contribution in [2.24, 2.45) is 0 Å². The predicted octanol–water partition coefficient (Wildman–Crippen LogP) is 5.35. The summed E-state index contributed by atoms with van der Waals surface area (Å²) < 4.78 is 10.9. The molecule has 1 aromatic heterocycles. The van der Waals surface area contributed by atoms with Gasteiger partial charge in [0.2, 0.25) is 5.91 Å². The third-order valence-corrected chi connectivity index (χ3v) is 6.52. The number of carbonyl (C=O) groups excluding carboxylic acids is 2. The molecule has 1 aliphatic rings. The number of carbonyl (C=O) groups is 2. The average Bonchev–Trinajstić information content (AvgIpc) is 3.22. The highest BCUT2D eigenvalue weighted by Crippen LogP contribution is 2.37. The Bertz CT molecular complexity index is 1130. The Kier molecular flexibility index (Phi) is 9.84. The Morgan fingerprint density at radius 3 is 2.77 bits per heavy atom. The van der Waals surface area contributed by atoms with Crippen LogP contribution in [0, 0.1) is 11.3 Å². The minimum Gasteiger partial charge on any atom is -0.447 e. The van der Waals surface area contributed by atoms with Crippen molar-refractivity contribution in [2.75, 3.05) is 25.1 Å². The van der Waals surface area contributed by atoms with Crippen molar-refractivity contribution in [3.05, 3.63) is 88.9 Å². The van der Waals surface area contributed by atoms with E-state index < -0.39 is 6.09 Å². The Morgan fingerprint density at radius 2 is 2.03 bits per heavy atom.